The normalized spacial score (nSPS) is 20.5. The number of pyridine rings is 1. The van der Waals surface area contributed by atoms with Crippen molar-refractivity contribution in [3.63, 3.8) is 0 Å². The van der Waals surface area contributed by atoms with Gasteiger partial charge >= 0.3 is 0 Å². The monoisotopic (exact) mass is 419 g/mol. The second-order valence-electron chi connectivity index (χ2n) is 8.62. The Labute approximate surface area is 180 Å². The molecule has 1 atom stereocenters. The number of nitrogens with one attached hydrogen (secondary N) is 1. The van der Waals surface area contributed by atoms with Crippen LogP contribution < -0.4 is 14.8 Å². The molecule has 0 saturated carbocycles. The summed E-state index contributed by atoms with van der Waals surface area (Å²) >= 11 is 0. The molecule has 1 fully saturated rings. The van der Waals surface area contributed by atoms with Gasteiger partial charge in [-0.05, 0) is 36.5 Å². The Kier molecular flexibility index (Phi) is 4.26. The van der Waals surface area contributed by atoms with E-state index in [4.69, 9.17) is 9.47 Å². The van der Waals surface area contributed by atoms with Crippen molar-refractivity contribution in [3.8, 4) is 11.5 Å². The van der Waals surface area contributed by atoms with Crippen molar-refractivity contribution in [1.29, 1.82) is 0 Å². The lowest BCUT2D eigenvalue weighted by Crippen LogP contribution is -2.36. The first kappa shape index (κ1) is 18.5. The molecule has 0 spiro atoms. The number of carbonyl (C=O) groups is 1. The molecule has 3 aliphatic rings. The fourth-order valence-corrected chi connectivity index (χ4v) is 5.18. The number of fused-ring (bicyclic) bond motifs is 3. The second kappa shape index (κ2) is 7.14. The average Bonchev–Trinajstić information content (AvgIpc) is 3.44. The van der Waals surface area contributed by atoms with Gasteiger partial charge in [-0.2, -0.15) is 0 Å². The van der Waals surface area contributed by atoms with Crippen LogP contribution in [0.3, 0.4) is 0 Å². The molecule has 1 aromatic carbocycles. The van der Waals surface area contributed by atoms with E-state index in [9.17, 15) is 4.79 Å². The maximum absolute atomic E-state index is 11.7. The molecule has 1 N–H and O–H groups in total. The van der Waals surface area contributed by atoms with E-state index in [1.54, 1.807) is 13.3 Å². The van der Waals surface area contributed by atoms with Crippen LogP contribution >= 0.6 is 0 Å². The lowest BCUT2D eigenvalue weighted by Gasteiger charge is -2.32. The smallest absolute Gasteiger partial charge is 0.219 e. The van der Waals surface area contributed by atoms with Crippen LogP contribution in [0.2, 0.25) is 0 Å². The second-order valence-corrected chi connectivity index (χ2v) is 8.62. The summed E-state index contributed by atoms with van der Waals surface area (Å²) in [6.07, 6.45) is 3.58. The minimum absolute atomic E-state index is 0.144. The highest BCUT2D eigenvalue weighted by molar-refractivity contribution is 5.73. The molecule has 31 heavy (non-hydrogen) atoms. The Hall–Kier alpha value is -3.29. The predicted octanol–water partition coefficient (Wildman–Crippen LogP) is 2.94. The number of benzene rings is 1. The number of ether oxygens (including phenoxy) is 2. The molecule has 6 rings (SSSR count). The first-order chi connectivity index (χ1) is 15.2. The number of aromatic nitrogens is 3. The third kappa shape index (κ3) is 3.00. The van der Waals surface area contributed by atoms with Gasteiger partial charge in [-0.1, -0.05) is 12.1 Å². The Morgan fingerprint density at radius 3 is 2.74 bits per heavy atom. The van der Waals surface area contributed by atoms with E-state index in [1.165, 1.54) is 11.1 Å². The van der Waals surface area contributed by atoms with Gasteiger partial charge in [-0.25, -0.2) is 0 Å². The average molecular weight is 419 g/mol. The number of piperidine rings is 1. The molecule has 1 unspecified atom stereocenters. The standard InChI is InChI=1S/C23H25N5O3/c1-14(29)27-7-5-15(6-8-27)18-9-20-23(28-13-25-26-22(18)28)24-10-16-3-2-4-19-21(16)17(11-30-19)12-31-20/h2-4,9,13,15,17,24H,5-8,10-12H2,1H3. The van der Waals surface area contributed by atoms with E-state index in [2.05, 4.69) is 27.6 Å². The van der Waals surface area contributed by atoms with E-state index in [0.717, 1.165) is 54.5 Å². The summed E-state index contributed by atoms with van der Waals surface area (Å²) in [7, 11) is 0. The molecular formula is C23H25N5O3. The maximum Gasteiger partial charge on any atom is 0.219 e. The van der Waals surface area contributed by atoms with Crippen LogP contribution in [0.1, 0.15) is 48.3 Å². The Bertz CT molecular complexity index is 1170. The number of likely N-dealkylation sites (tertiary alicyclic amines) is 1. The van der Waals surface area contributed by atoms with Crippen molar-refractivity contribution in [3.05, 3.63) is 47.3 Å². The van der Waals surface area contributed by atoms with E-state index < -0.39 is 0 Å². The topological polar surface area (TPSA) is 81.0 Å². The molecule has 3 aromatic rings. The Morgan fingerprint density at radius 1 is 1.13 bits per heavy atom. The molecule has 2 aromatic heterocycles. The van der Waals surface area contributed by atoms with E-state index >= 15 is 0 Å². The number of nitrogens with zero attached hydrogens (tertiary/aromatic N) is 4. The van der Waals surface area contributed by atoms with E-state index in [0.29, 0.717) is 25.7 Å². The van der Waals surface area contributed by atoms with Crippen LogP contribution in [0.15, 0.2) is 30.6 Å². The van der Waals surface area contributed by atoms with Gasteiger partial charge in [0, 0.05) is 37.7 Å². The lowest BCUT2D eigenvalue weighted by atomic mass is 9.89. The fraction of sp³-hybridized carbons (Fsp3) is 0.435. The zero-order valence-corrected chi connectivity index (χ0v) is 17.5. The fourth-order valence-electron chi connectivity index (χ4n) is 5.18. The molecule has 5 heterocycles. The third-order valence-corrected chi connectivity index (χ3v) is 6.84. The molecule has 0 aliphatic carbocycles. The predicted molar refractivity (Wildman–Crippen MR) is 115 cm³/mol. The highest BCUT2D eigenvalue weighted by atomic mass is 16.5. The summed E-state index contributed by atoms with van der Waals surface area (Å²) < 4.78 is 14.3. The van der Waals surface area contributed by atoms with Gasteiger partial charge in [-0.15, -0.1) is 10.2 Å². The van der Waals surface area contributed by atoms with Crippen LogP contribution in [-0.2, 0) is 11.3 Å². The van der Waals surface area contributed by atoms with Crippen molar-refractivity contribution >= 4 is 17.4 Å². The molecule has 1 amide bonds. The first-order valence-corrected chi connectivity index (χ1v) is 10.9. The quantitative estimate of drug-likeness (QED) is 0.653. The molecule has 3 aliphatic heterocycles. The lowest BCUT2D eigenvalue weighted by molar-refractivity contribution is -0.129. The van der Waals surface area contributed by atoms with Crippen molar-refractivity contribution in [1.82, 2.24) is 19.5 Å². The van der Waals surface area contributed by atoms with Crippen molar-refractivity contribution in [2.75, 3.05) is 31.6 Å². The van der Waals surface area contributed by atoms with Crippen LogP contribution in [0.5, 0.6) is 11.5 Å². The third-order valence-electron chi connectivity index (χ3n) is 6.84. The largest absolute Gasteiger partial charge is 0.493 e. The summed E-state index contributed by atoms with van der Waals surface area (Å²) in [4.78, 5) is 13.6. The van der Waals surface area contributed by atoms with Gasteiger partial charge in [0.05, 0.1) is 19.1 Å². The van der Waals surface area contributed by atoms with Crippen molar-refractivity contribution in [2.24, 2.45) is 0 Å². The number of anilines is 1. The van der Waals surface area contributed by atoms with E-state index in [-0.39, 0.29) is 11.8 Å². The molecule has 0 bridgehead atoms. The Balaban J connectivity index is 1.38. The molecule has 0 radical (unpaired) electrons. The van der Waals surface area contributed by atoms with Gasteiger partial charge in [0.1, 0.15) is 12.1 Å². The van der Waals surface area contributed by atoms with Crippen LogP contribution in [0, 0.1) is 0 Å². The molecule has 160 valence electrons. The van der Waals surface area contributed by atoms with Gasteiger partial charge < -0.3 is 19.7 Å². The number of rotatable bonds is 1. The van der Waals surface area contributed by atoms with Crippen LogP contribution in [0.4, 0.5) is 5.82 Å². The van der Waals surface area contributed by atoms with Gasteiger partial charge in [0.2, 0.25) is 5.91 Å². The van der Waals surface area contributed by atoms with Crippen molar-refractivity contribution in [2.45, 2.75) is 38.1 Å². The number of carbonyl (C=O) groups excluding carboxylic acids is 1. The number of hydrogen-bond acceptors (Lipinski definition) is 6. The minimum Gasteiger partial charge on any atom is -0.493 e. The van der Waals surface area contributed by atoms with Gasteiger partial charge in [-0.3, -0.25) is 9.20 Å². The number of amides is 1. The zero-order chi connectivity index (χ0) is 20.9. The SMILES string of the molecule is CC(=O)N1CCC(c2cc3c(n4cnnc24)NCc2cccc4c2C(CO4)CO3)CC1. The zero-order valence-electron chi connectivity index (χ0n) is 17.5. The first-order valence-electron chi connectivity index (χ1n) is 10.9. The molecule has 8 heteroatoms. The van der Waals surface area contributed by atoms with Crippen LogP contribution in [-0.4, -0.2) is 51.7 Å². The summed E-state index contributed by atoms with van der Waals surface area (Å²) in [5, 5.41) is 12.2. The molecular weight excluding hydrogens is 394 g/mol. The summed E-state index contributed by atoms with van der Waals surface area (Å²) in [6, 6.07) is 8.36. The molecule has 8 nitrogen and oxygen atoms in total. The summed E-state index contributed by atoms with van der Waals surface area (Å²) in [5.41, 5.74) is 4.48. The summed E-state index contributed by atoms with van der Waals surface area (Å²) in [6.45, 7) is 5.08. The highest BCUT2D eigenvalue weighted by Crippen LogP contribution is 2.41. The summed E-state index contributed by atoms with van der Waals surface area (Å²) in [5.74, 6) is 3.35. The maximum atomic E-state index is 11.7. The molecule has 1 saturated heterocycles. The van der Waals surface area contributed by atoms with Gasteiger partial charge in [0.15, 0.2) is 17.2 Å². The van der Waals surface area contributed by atoms with Gasteiger partial charge in [0.25, 0.3) is 0 Å². The minimum atomic E-state index is 0.144. The van der Waals surface area contributed by atoms with Crippen molar-refractivity contribution < 1.29 is 14.3 Å². The van der Waals surface area contributed by atoms with E-state index in [1.807, 2.05) is 21.4 Å². The van der Waals surface area contributed by atoms with Crippen LogP contribution in [0.25, 0.3) is 5.65 Å². The highest BCUT2D eigenvalue weighted by Gasteiger charge is 2.31. The Morgan fingerprint density at radius 2 is 1.94 bits per heavy atom. The number of hydrogen-bond donors (Lipinski definition) is 1.